The van der Waals surface area contributed by atoms with Crippen LogP contribution in [0.3, 0.4) is 0 Å². The largest absolute Gasteiger partial charge is 0.490 e. The van der Waals surface area contributed by atoms with Gasteiger partial charge in [-0.3, -0.25) is 4.79 Å². The van der Waals surface area contributed by atoms with Crippen LogP contribution in [0.2, 0.25) is 0 Å². The Kier molecular flexibility index (Phi) is 4.79. The molecule has 0 aliphatic rings. The lowest BCUT2D eigenvalue weighted by Crippen LogP contribution is -2.14. The lowest BCUT2D eigenvalue weighted by molar-refractivity contribution is 0.0415. The van der Waals surface area contributed by atoms with E-state index in [1.54, 1.807) is 18.2 Å². The summed E-state index contributed by atoms with van der Waals surface area (Å²) in [5.74, 6) is -0.809. The van der Waals surface area contributed by atoms with Gasteiger partial charge in [0.1, 0.15) is 30.4 Å². The molecule has 6 heteroatoms. The van der Waals surface area contributed by atoms with Gasteiger partial charge in [0.25, 0.3) is 0 Å². The standard InChI is InChI=1S/C19H15FO5/c1-12-2-7-17-15(10-12)16(21)11-18(25-17)19(22)24-9-8-23-14-5-3-13(20)4-6-14/h2-7,10-11H,8-9H2,1H3. The predicted molar refractivity (Wildman–Crippen MR) is 89.4 cm³/mol. The smallest absolute Gasteiger partial charge is 0.374 e. The van der Waals surface area contributed by atoms with E-state index in [9.17, 15) is 14.0 Å². The Balaban J connectivity index is 1.61. The number of benzene rings is 2. The number of halogens is 1. The molecule has 0 aliphatic carbocycles. The monoisotopic (exact) mass is 342 g/mol. The zero-order chi connectivity index (χ0) is 17.8. The Morgan fingerprint density at radius 2 is 1.84 bits per heavy atom. The first-order valence-corrected chi connectivity index (χ1v) is 7.63. The summed E-state index contributed by atoms with van der Waals surface area (Å²) in [7, 11) is 0. The molecule has 3 aromatic rings. The molecule has 0 bridgehead atoms. The molecule has 0 N–H and O–H groups in total. The molecule has 0 unspecified atom stereocenters. The van der Waals surface area contributed by atoms with E-state index in [0.717, 1.165) is 11.6 Å². The van der Waals surface area contributed by atoms with Gasteiger partial charge in [0, 0.05) is 6.07 Å². The minimum atomic E-state index is -0.748. The van der Waals surface area contributed by atoms with Gasteiger partial charge >= 0.3 is 5.97 Å². The molecule has 2 aromatic carbocycles. The molecule has 5 nitrogen and oxygen atoms in total. The average Bonchev–Trinajstić information content (AvgIpc) is 2.60. The molecule has 0 amide bonds. The van der Waals surface area contributed by atoms with Crippen molar-refractivity contribution >= 4 is 16.9 Å². The summed E-state index contributed by atoms with van der Waals surface area (Å²) in [4.78, 5) is 24.1. The maximum atomic E-state index is 12.8. The van der Waals surface area contributed by atoms with Crippen LogP contribution >= 0.6 is 0 Å². The van der Waals surface area contributed by atoms with Crippen LogP contribution < -0.4 is 10.2 Å². The van der Waals surface area contributed by atoms with Crippen LogP contribution in [0.1, 0.15) is 16.1 Å². The van der Waals surface area contributed by atoms with Crippen LogP contribution in [0.15, 0.2) is 57.7 Å². The van der Waals surface area contributed by atoms with Gasteiger partial charge in [-0.25, -0.2) is 9.18 Å². The number of esters is 1. The summed E-state index contributed by atoms with van der Waals surface area (Å²) < 4.78 is 28.6. The van der Waals surface area contributed by atoms with Crippen LogP contribution in [0, 0.1) is 12.7 Å². The third-order valence-corrected chi connectivity index (χ3v) is 3.48. The number of rotatable bonds is 5. The number of carbonyl (C=O) groups is 1. The van der Waals surface area contributed by atoms with Crippen LogP contribution in [0.25, 0.3) is 11.0 Å². The molecule has 0 saturated heterocycles. The van der Waals surface area contributed by atoms with E-state index in [2.05, 4.69) is 0 Å². The predicted octanol–water partition coefficient (Wildman–Crippen LogP) is 3.48. The fraction of sp³-hybridized carbons (Fsp3) is 0.158. The zero-order valence-corrected chi connectivity index (χ0v) is 13.5. The number of fused-ring (bicyclic) bond motifs is 1. The molecular formula is C19H15FO5. The minimum absolute atomic E-state index is 0.0359. The van der Waals surface area contributed by atoms with E-state index in [-0.39, 0.29) is 30.2 Å². The minimum Gasteiger partial charge on any atom is -0.490 e. The topological polar surface area (TPSA) is 65.7 Å². The average molecular weight is 342 g/mol. The summed E-state index contributed by atoms with van der Waals surface area (Å²) in [6, 6.07) is 11.7. The highest BCUT2D eigenvalue weighted by Gasteiger charge is 2.14. The quantitative estimate of drug-likeness (QED) is 0.525. The Morgan fingerprint density at radius 1 is 1.08 bits per heavy atom. The first-order chi connectivity index (χ1) is 12.0. The summed E-state index contributed by atoms with van der Waals surface area (Å²) in [6.45, 7) is 1.92. The second-order valence-electron chi connectivity index (χ2n) is 5.41. The maximum absolute atomic E-state index is 12.8. The third kappa shape index (κ3) is 4.03. The number of hydrogen-bond donors (Lipinski definition) is 0. The molecule has 25 heavy (non-hydrogen) atoms. The van der Waals surface area contributed by atoms with Crippen LogP contribution in [-0.4, -0.2) is 19.2 Å². The lowest BCUT2D eigenvalue weighted by atomic mass is 10.1. The first kappa shape index (κ1) is 16.7. The van der Waals surface area contributed by atoms with Crippen LogP contribution in [0.5, 0.6) is 5.75 Å². The summed E-state index contributed by atoms with van der Waals surface area (Å²) in [6.07, 6.45) is 0. The van der Waals surface area contributed by atoms with Gasteiger partial charge in [-0.2, -0.15) is 0 Å². The molecule has 0 saturated carbocycles. The zero-order valence-electron chi connectivity index (χ0n) is 13.5. The molecule has 0 atom stereocenters. The molecular weight excluding hydrogens is 327 g/mol. The molecule has 3 rings (SSSR count). The van der Waals surface area contributed by atoms with Crippen LogP contribution in [-0.2, 0) is 4.74 Å². The molecule has 0 radical (unpaired) electrons. The van der Waals surface area contributed by atoms with Gasteiger partial charge < -0.3 is 13.9 Å². The molecule has 1 heterocycles. The third-order valence-electron chi connectivity index (χ3n) is 3.48. The fourth-order valence-corrected chi connectivity index (χ4v) is 2.27. The Hall–Kier alpha value is -3.15. The normalized spacial score (nSPS) is 10.6. The Morgan fingerprint density at radius 3 is 2.60 bits per heavy atom. The van der Waals surface area contributed by atoms with E-state index < -0.39 is 5.97 Å². The maximum Gasteiger partial charge on any atom is 0.374 e. The van der Waals surface area contributed by atoms with E-state index in [4.69, 9.17) is 13.9 Å². The van der Waals surface area contributed by atoms with Crippen molar-refractivity contribution < 1.29 is 23.1 Å². The van der Waals surface area contributed by atoms with Gasteiger partial charge in [-0.1, -0.05) is 11.6 Å². The van der Waals surface area contributed by atoms with Crippen molar-refractivity contribution in [1.29, 1.82) is 0 Å². The van der Waals surface area contributed by atoms with Crippen molar-refractivity contribution in [2.24, 2.45) is 0 Å². The second-order valence-corrected chi connectivity index (χ2v) is 5.41. The first-order valence-electron chi connectivity index (χ1n) is 7.63. The lowest BCUT2D eigenvalue weighted by Gasteiger charge is -2.07. The number of ether oxygens (including phenoxy) is 2. The van der Waals surface area contributed by atoms with Gasteiger partial charge in [0.15, 0.2) is 5.43 Å². The highest BCUT2D eigenvalue weighted by molar-refractivity contribution is 5.89. The van der Waals surface area contributed by atoms with Gasteiger partial charge in [-0.15, -0.1) is 0 Å². The van der Waals surface area contributed by atoms with Gasteiger partial charge in [0.2, 0.25) is 5.76 Å². The summed E-state index contributed by atoms with van der Waals surface area (Å²) in [5.41, 5.74) is 0.945. The SMILES string of the molecule is Cc1ccc2oc(C(=O)OCCOc3ccc(F)cc3)cc(=O)c2c1. The van der Waals surface area contributed by atoms with E-state index >= 15 is 0 Å². The highest BCUT2D eigenvalue weighted by Crippen LogP contribution is 2.15. The fourth-order valence-electron chi connectivity index (χ4n) is 2.27. The number of aryl methyl sites for hydroxylation is 1. The molecule has 0 spiro atoms. The summed E-state index contributed by atoms with van der Waals surface area (Å²) in [5, 5.41) is 0.413. The van der Waals surface area contributed by atoms with Crippen molar-refractivity contribution in [3.05, 3.63) is 75.9 Å². The molecule has 128 valence electrons. The Labute approximate surface area is 142 Å². The molecule has 0 aliphatic heterocycles. The second kappa shape index (κ2) is 7.17. The van der Waals surface area contributed by atoms with Gasteiger partial charge in [-0.05, 0) is 43.3 Å². The van der Waals surface area contributed by atoms with E-state index in [1.165, 1.54) is 24.3 Å². The van der Waals surface area contributed by atoms with Crippen molar-refractivity contribution in [2.45, 2.75) is 6.92 Å². The van der Waals surface area contributed by atoms with Crippen LogP contribution in [0.4, 0.5) is 4.39 Å². The Bertz CT molecular complexity index is 960. The highest BCUT2D eigenvalue weighted by atomic mass is 19.1. The molecule has 1 aromatic heterocycles. The van der Waals surface area contributed by atoms with Gasteiger partial charge in [0.05, 0.1) is 5.39 Å². The number of hydrogen-bond acceptors (Lipinski definition) is 5. The number of carbonyl (C=O) groups excluding carboxylic acids is 1. The van der Waals surface area contributed by atoms with Crippen molar-refractivity contribution in [1.82, 2.24) is 0 Å². The van der Waals surface area contributed by atoms with Crippen molar-refractivity contribution in [3.8, 4) is 5.75 Å². The van der Waals surface area contributed by atoms with E-state index in [0.29, 0.717) is 16.7 Å². The van der Waals surface area contributed by atoms with Crippen molar-refractivity contribution in [2.75, 3.05) is 13.2 Å². The molecule has 0 fully saturated rings. The van der Waals surface area contributed by atoms with Crippen molar-refractivity contribution in [3.63, 3.8) is 0 Å². The summed E-state index contributed by atoms with van der Waals surface area (Å²) >= 11 is 0. The van der Waals surface area contributed by atoms with E-state index in [1.807, 2.05) is 6.92 Å².